The van der Waals surface area contributed by atoms with Crippen molar-refractivity contribution in [2.75, 3.05) is 0 Å². The first-order valence-electron chi connectivity index (χ1n) is 4.00. The van der Waals surface area contributed by atoms with Crippen LogP contribution in [0.1, 0.15) is 18.4 Å². The minimum absolute atomic E-state index is 0.262. The van der Waals surface area contributed by atoms with Gasteiger partial charge in [-0.15, -0.1) is 0 Å². The first kappa shape index (κ1) is 7.47. The summed E-state index contributed by atoms with van der Waals surface area (Å²) in [6.45, 7) is 0. The highest BCUT2D eigenvalue weighted by Gasteiger charge is 2.45. The zero-order valence-corrected chi connectivity index (χ0v) is 6.59. The molecule has 1 aliphatic carbocycles. The molecule has 1 nitrogen and oxygen atoms in total. The fourth-order valence-electron chi connectivity index (χ4n) is 1.45. The Morgan fingerprint density at radius 1 is 1.33 bits per heavy atom. The van der Waals surface area contributed by atoms with Gasteiger partial charge in [0, 0.05) is 5.56 Å². The Morgan fingerprint density at radius 2 is 2.00 bits per heavy atom. The monoisotopic (exact) mass is 164 g/mol. The maximum Gasteiger partial charge on any atom is 0.130 e. The second kappa shape index (κ2) is 2.41. The van der Waals surface area contributed by atoms with Crippen molar-refractivity contribution in [2.24, 2.45) is 0 Å². The van der Waals surface area contributed by atoms with E-state index in [1.54, 1.807) is 18.2 Å². The maximum atomic E-state index is 13.2. The molecule has 0 aliphatic heterocycles. The first-order chi connectivity index (χ1) is 5.78. The Morgan fingerprint density at radius 3 is 2.50 bits per heavy atom. The Hall–Kier alpha value is -1.18. The van der Waals surface area contributed by atoms with Crippen molar-refractivity contribution >= 4 is 6.29 Å². The van der Waals surface area contributed by atoms with Crippen molar-refractivity contribution in [3.63, 3.8) is 0 Å². The lowest BCUT2D eigenvalue weighted by Gasteiger charge is -2.07. The van der Waals surface area contributed by atoms with Crippen LogP contribution in [0.4, 0.5) is 4.39 Å². The highest BCUT2D eigenvalue weighted by atomic mass is 19.1. The van der Waals surface area contributed by atoms with Gasteiger partial charge >= 0.3 is 0 Å². The van der Waals surface area contributed by atoms with Crippen molar-refractivity contribution in [2.45, 2.75) is 18.3 Å². The van der Waals surface area contributed by atoms with Gasteiger partial charge in [0.05, 0.1) is 5.41 Å². The summed E-state index contributed by atoms with van der Waals surface area (Å²) in [4.78, 5) is 10.7. The number of aldehydes is 1. The molecular formula is C10H9FO. The highest BCUT2D eigenvalue weighted by molar-refractivity contribution is 5.73. The van der Waals surface area contributed by atoms with Gasteiger partial charge < -0.3 is 4.79 Å². The average Bonchev–Trinajstić information content (AvgIpc) is 2.86. The van der Waals surface area contributed by atoms with Crippen LogP contribution in [0.5, 0.6) is 0 Å². The van der Waals surface area contributed by atoms with E-state index in [0.717, 1.165) is 19.1 Å². The van der Waals surface area contributed by atoms with E-state index in [0.29, 0.717) is 5.56 Å². The Kier molecular flexibility index (Phi) is 1.50. The lowest BCUT2D eigenvalue weighted by atomic mass is 9.97. The molecule has 0 aromatic heterocycles. The molecule has 1 saturated carbocycles. The molecule has 2 heteroatoms. The fourth-order valence-corrected chi connectivity index (χ4v) is 1.45. The lowest BCUT2D eigenvalue weighted by Crippen LogP contribution is -2.09. The summed E-state index contributed by atoms with van der Waals surface area (Å²) in [6.07, 6.45) is 2.44. The molecule has 1 aromatic rings. The Balaban J connectivity index is 2.46. The number of hydrogen-bond donors (Lipinski definition) is 0. The van der Waals surface area contributed by atoms with Gasteiger partial charge in [0.2, 0.25) is 0 Å². The van der Waals surface area contributed by atoms with Crippen LogP contribution in [-0.4, -0.2) is 6.29 Å². The van der Waals surface area contributed by atoms with E-state index in [9.17, 15) is 9.18 Å². The second-order valence-electron chi connectivity index (χ2n) is 3.25. The highest BCUT2D eigenvalue weighted by Crippen LogP contribution is 2.46. The molecule has 1 aliphatic rings. The van der Waals surface area contributed by atoms with Gasteiger partial charge in [0.1, 0.15) is 12.1 Å². The fraction of sp³-hybridized carbons (Fsp3) is 0.300. The second-order valence-corrected chi connectivity index (χ2v) is 3.25. The molecular weight excluding hydrogens is 155 g/mol. The third kappa shape index (κ3) is 0.951. The van der Waals surface area contributed by atoms with E-state index < -0.39 is 5.41 Å². The molecule has 12 heavy (non-hydrogen) atoms. The lowest BCUT2D eigenvalue weighted by molar-refractivity contribution is -0.109. The molecule has 0 heterocycles. The van der Waals surface area contributed by atoms with E-state index in [2.05, 4.69) is 0 Å². The summed E-state index contributed by atoms with van der Waals surface area (Å²) >= 11 is 0. The standard InChI is InChI=1S/C10H9FO/c11-9-4-2-1-3-8(9)10(7-12)5-6-10/h1-4,7H,5-6H2. The normalized spacial score (nSPS) is 18.8. The van der Waals surface area contributed by atoms with Crippen molar-refractivity contribution in [3.8, 4) is 0 Å². The van der Waals surface area contributed by atoms with Crippen LogP contribution in [0.3, 0.4) is 0 Å². The van der Waals surface area contributed by atoms with Crippen LogP contribution in [0, 0.1) is 5.82 Å². The van der Waals surface area contributed by atoms with Gasteiger partial charge in [-0.05, 0) is 18.9 Å². The van der Waals surface area contributed by atoms with Gasteiger partial charge in [-0.1, -0.05) is 18.2 Å². The average molecular weight is 164 g/mol. The van der Waals surface area contributed by atoms with E-state index in [4.69, 9.17) is 0 Å². The predicted octanol–water partition coefficient (Wildman–Crippen LogP) is 2.06. The maximum absolute atomic E-state index is 13.2. The smallest absolute Gasteiger partial charge is 0.130 e. The number of halogens is 1. The number of carbonyl (C=O) groups excluding carboxylic acids is 1. The molecule has 0 unspecified atom stereocenters. The molecule has 2 rings (SSSR count). The van der Waals surface area contributed by atoms with Crippen molar-refractivity contribution in [1.82, 2.24) is 0 Å². The van der Waals surface area contributed by atoms with E-state index in [1.165, 1.54) is 6.07 Å². The third-order valence-corrected chi connectivity index (χ3v) is 2.42. The molecule has 0 bridgehead atoms. The summed E-state index contributed by atoms with van der Waals surface area (Å²) < 4.78 is 13.2. The Bertz CT molecular complexity index is 315. The van der Waals surface area contributed by atoms with Gasteiger partial charge in [0.15, 0.2) is 0 Å². The molecule has 0 atom stereocenters. The van der Waals surface area contributed by atoms with E-state index in [-0.39, 0.29) is 5.82 Å². The van der Waals surface area contributed by atoms with Crippen LogP contribution in [0.15, 0.2) is 24.3 Å². The van der Waals surface area contributed by atoms with Crippen LogP contribution >= 0.6 is 0 Å². The molecule has 1 aromatic carbocycles. The summed E-state index contributed by atoms with van der Waals surface area (Å²) in [5, 5.41) is 0. The predicted molar refractivity (Wildman–Crippen MR) is 43.4 cm³/mol. The molecule has 0 radical (unpaired) electrons. The van der Waals surface area contributed by atoms with Gasteiger partial charge in [-0.25, -0.2) is 4.39 Å². The van der Waals surface area contributed by atoms with Gasteiger partial charge in [0.25, 0.3) is 0 Å². The molecule has 0 N–H and O–H groups in total. The summed E-state index contributed by atoms with van der Waals surface area (Å²) in [5.74, 6) is -0.262. The van der Waals surface area contributed by atoms with Crippen molar-refractivity contribution in [3.05, 3.63) is 35.6 Å². The summed E-state index contributed by atoms with van der Waals surface area (Å²) in [5.41, 5.74) is 0.0747. The molecule has 0 spiro atoms. The quantitative estimate of drug-likeness (QED) is 0.611. The van der Waals surface area contributed by atoms with Crippen molar-refractivity contribution < 1.29 is 9.18 Å². The number of hydrogen-bond acceptors (Lipinski definition) is 1. The van der Waals surface area contributed by atoms with Gasteiger partial charge in [-0.3, -0.25) is 0 Å². The molecule has 0 amide bonds. The summed E-state index contributed by atoms with van der Waals surface area (Å²) in [6, 6.07) is 6.50. The third-order valence-electron chi connectivity index (χ3n) is 2.42. The number of benzene rings is 1. The number of rotatable bonds is 2. The van der Waals surface area contributed by atoms with Crippen molar-refractivity contribution in [1.29, 1.82) is 0 Å². The Labute approximate surface area is 70.2 Å². The minimum Gasteiger partial charge on any atom is -0.302 e. The molecule has 0 saturated heterocycles. The zero-order chi connectivity index (χ0) is 8.60. The van der Waals surface area contributed by atoms with Crippen LogP contribution in [0.2, 0.25) is 0 Å². The van der Waals surface area contributed by atoms with E-state index >= 15 is 0 Å². The first-order valence-corrected chi connectivity index (χ1v) is 4.00. The van der Waals surface area contributed by atoms with E-state index in [1.807, 2.05) is 0 Å². The number of carbonyl (C=O) groups is 1. The summed E-state index contributed by atoms with van der Waals surface area (Å²) in [7, 11) is 0. The SMILES string of the molecule is O=CC1(c2ccccc2F)CC1. The van der Waals surface area contributed by atoms with Crippen LogP contribution in [-0.2, 0) is 10.2 Å². The minimum atomic E-state index is -0.481. The van der Waals surface area contributed by atoms with Crippen LogP contribution in [0.25, 0.3) is 0 Å². The molecule has 62 valence electrons. The molecule has 1 fully saturated rings. The van der Waals surface area contributed by atoms with Crippen LogP contribution < -0.4 is 0 Å². The van der Waals surface area contributed by atoms with Gasteiger partial charge in [-0.2, -0.15) is 0 Å². The zero-order valence-electron chi connectivity index (χ0n) is 6.59. The largest absolute Gasteiger partial charge is 0.302 e. The topological polar surface area (TPSA) is 17.1 Å².